The Morgan fingerprint density at radius 1 is 1.29 bits per heavy atom. The molecular weight excluding hydrogens is 269 g/mol. The number of nitrogens with two attached hydrogens (primary N) is 1. The van der Waals surface area contributed by atoms with Crippen molar-refractivity contribution in [3.63, 3.8) is 0 Å². The monoisotopic (exact) mass is 283 g/mol. The molecule has 0 saturated heterocycles. The molecule has 0 fully saturated rings. The number of carbonyl (C=O) groups excluding carboxylic acids is 1. The third-order valence-electron chi connectivity index (χ3n) is 3.19. The predicted octanol–water partition coefficient (Wildman–Crippen LogP) is 2.51. The van der Waals surface area contributed by atoms with Gasteiger partial charge in [-0.25, -0.2) is 4.39 Å². The highest BCUT2D eigenvalue weighted by Crippen LogP contribution is 2.21. The lowest BCUT2D eigenvalue weighted by atomic mass is 9.92. The van der Waals surface area contributed by atoms with E-state index in [9.17, 15) is 9.18 Å². The highest BCUT2D eigenvalue weighted by atomic mass is 19.1. The molecule has 21 heavy (non-hydrogen) atoms. The average Bonchev–Trinajstić information content (AvgIpc) is 2.50. The maximum atomic E-state index is 13.2. The summed E-state index contributed by atoms with van der Waals surface area (Å²) in [5.41, 5.74) is 5.69. The molecule has 0 spiro atoms. The van der Waals surface area contributed by atoms with E-state index in [1.54, 1.807) is 37.3 Å². The van der Waals surface area contributed by atoms with E-state index in [0.717, 1.165) is 6.07 Å². The first-order valence-electron chi connectivity index (χ1n) is 6.30. The molecule has 106 valence electrons. The SMILES string of the molecule is CC(N)(C(=O)Nc1ccc(F)c(C#N)c1)c1ccccc1. The summed E-state index contributed by atoms with van der Waals surface area (Å²) in [5.74, 6) is -1.07. The average molecular weight is 283 g/mol. The third kappa shape index (κ3) is 3.07. The lowest BCUT2D eigenvalue weighted by Gasteiger charge is -2.24. The van der Waals surface area contributed by atoms with Crippen molar-refractivity contribution in [1.29, 1.82) is 5.26 Å². The molecule has 2 aromatic rings. The van der Waals surface area contributed by atoms with Crippen molar-refractivity contribution in [3.05, 3.63) is 65.5 Å². The van der Waals surface area contributed by atoms with Crippen molar-refractivity contribution in [3.8, 4) is 6.07 Å². The van der Waals surface area contributed by atoms with Crippen LogP contribution in [-0.4, -0.2) is 5.91 Å². The molecule has 0 aliphatic rings. The lowest BCUT2D eigenvalue weighted by molar-refractivity contribution is -0.120. The zero-order valence-electron chi connectivity index (χ0n) is 11.4. The summed E-state index contributed by atoms with van der Waals surface area (Å²) in [6, 6.07) is 14.4. The van der Waals surface area contributed by atoms with E-state index >= 15 is 0 Å². The molecule has 1 amide bonds. The Balaban J connectivity index is 2.24. The topological polar surface area (TPSA) is 78.9 Å². The van der Waals surface area contributed by atoms with Crippen LogP contribution in [0.3, 0.4) is 0 Å². The van der Waals surface area contributed by atoms with Crippen molar-refractivity contribution in [1.82, 2.24) is 0 Å². The van der Waals surface area contributed by atoms with Gasteiger partial charge in [0.1, 0.15) is 17.4 Å². The number of nitrogens with one attached hydrogen (secondary N) is 1. The molecule has 0 heterocycles. The van der Waals surface area contributed by atoms with Gasteiger partial charge < -0.3 is 11.1 Å². The maximum Gasteiger partial charge on any atom is 0.248 e. The molecule has 5 heteroatoms. The highest BCUT2D eigenvalue weighted by Gasteiger charge is 2.30. The molecular formula is C16H14FN3O. The second kappa shape index (κ2) is 5.73. The van der Waals surface area contributed by atoms with E-state index in [1.807, 2.05) is 6.07 Å². The molecule has 3 N–H and O–H groups in total. The number of anilines is 1. The van der Waals surface area contributed by atoms with Crippen LogP contribution >= 0.6 is 0 Å². The summed E-state index contributed by atoms with van der Waals surface area (Å²) in [6.45, 7) is 1.59. The number of halogens is 1. The first-order valence-corrected chi connectivity index (χ1v) is 6.30. The second-order valence-corrected chi connectivity index (χ2v) is 4.83. The summed E-state index contributed by atoms with van der Waals surface area (Å²) in [5, 5.41) is 11.4. The maximum absolute atomic E-state index is 13.2. The van der Waals surface area contributed by atoms with E-state index in [-0.39, 0.29) is 5.56 Å². The van der Waals surface area contributed by atoms with Crippen LogP contribution in [-0.2, 0) is 10.3 Å². The van der Waals surface area contributed by atoms with Gasteiger partial charge in [-0.2, -0.15) is 5.26 Å². The number of carbonyl (C=O) groups is 1. The number of rotatable bonds is 3. The normalized spacial score (nSPS) is 13.0. The fourth-order valence-electron chi connectivity index (χ4n) is 1.87. The van der Waals surface area contributed by atoms with Crippen LogP contribution in [0.2, 0.25) is 0 Å². The fraction of sp³-hybridized carbons (Fsp3) is 0.125. The van der Waals surface area contributed by atoms with Gasteiger partial charge in [0.2, 0.25) is 5.91 Å². The molecule has 0 bridgehead atoms. The largest absolute Gasteiger partial charge is 0.324 e. The zero-order chi connectivity index (χ0) is 15.5. The Morgan fingerprint density at radius 2 is 1.95 bits per heavy atom. The quantitative estimate of drug-likeness (QED) is 0.908. The van der Waals surface area contributed by atoms with Crippen molar-refractivity contribution in [2.24, 2.45) is 5.73 Å². The van der Waals surface area contributed by atoms with Gasteiger partial charge in [0, 0.05) is 5.69 Å². The molecule has 0 aliphatic heterocycles. The van der Waals surface area contributed by atoms with Gasteiger partial charge in [-0.1, -0.05) is 30.3 Å². The van der Waals surface area contributed by atoms with Crippen LogP contribution in [0.15, 0.2) is 48.5 Å². The van der Waals surface area contributed by atoms with E-state index < -0.39 is 17.3 Å². The first kappa shape index (κ1) is 14.7. The van der Waals surface area contributed by atoms with Crippen molar-refractivity contribution >= 4 is 11.6 Å². The van der Waals surface area contributed by atoms with Gasteiger partial charge in [0.15, 0.2) is 0 Å². The minimum Gasteiger partial charge on any atom is -0.324 e. The van der Waals surface area contributed by atoms with Crippen LogP contribution < -0.4 is 11.1 Å². The van der Waals surface area contributed by atoms with Gasteiger partial charge in [0.05, 0.1) is 5.56 Å². The van der Waals surface area contributed by atoms with Crippen LogP contribution in [0.1, 0.15) is 18.1 Å². The number of amides is 1. The van der Waals surface area contributed by atoms with Gasteiger partial charge in [0.25, 0.3) is 0 Å². The van der Waals surface area contributed by atoms with Gasteiger partial charge >= 0.3 is 0 Å². The Kier molecular flexibility index (Phi) is 4.01. The minimum absolute atomic E-state index is 0.133. The number of nitriles is 1. The van der Waals surface area contributed by atoms with Crippen LogP contribution in [0.5, 0.6) is 0 Å². The third-order valence-corrected chi connectivity index (χ3v) is 3.19. The van der Waals surface area contributed by atoms with Gasteiger partial charge in [-0.3, -0.25) is 4.79 Å². The van der Waals surface area contributed by atoms with E-state index in [1.165, 1.54) is 12.1 Å². The Morgan fingerprint density at radius 3 is 2.57 bits per heavy atom. The lowest BCUT2D eigenvalue weighted by Crippen LogP contribution is -2.45. The standard InChI is InChI=1S/C16H14FN3O/c1-16(19,12-5-3-2-4-6-12)15(21)20-13-7-8-14(17)11(9-13)10-18/h2-9H,19H2,1H3,(H,20,21). The van der Waals surface area contributed by atoms with Crippen LogP contribution in [0, 0.1) is 17.1 Å². The zero-order valence-corrected chi connectivity index (χ0v) is 11.4. The summed E-state index contributed by atoms with van der Waals surface area (Å²) in [7, 11) is 0. The molecule has 2 rings (SSSR count). The molecule has 1 unspecified atom stereocenters. The Labute approximate surface area is 122 Å². The molecule has 0 aliphatic carbocycles. The first-order chi connectivity index (χ1) is 9.95. The molecule has 0 saturated carbocycles. The predicted molar refractivity (Wildman–Crippen MR) is 77.7 cm³/mol. The van der Waals surface area contributed by atoms with E-state index in [0.29, 0.717) is 11.3 Å². The molecule has 4 nitrogen and oxygen atoms in total. The molecule has 2 aromatic carbocycles. The van der Waals surface area contributed by atoms with Gasteiger partial charge in [-0.15, -0.1) is 0 Å². The summed E-state index contributed by atoms with van der Waals surface area (Å²) in [4.78, 5) is 12.3. The summed E-state index contributed by atoms with van der Waals surface area (Å²) < 4.78 is 13.2. The Bertz CT molecular complexity index is 705. The van der Waals surface area contributed by atoms with Crippen molar-refractivity contribution in [2.75, 3.05) is 5.32 Å². The number of hydrogen-bond donors (Lipinski definition) is 2. The van der Waals surface area contributed by atoms with E-state index in [4.69, 9.17) is 11.0 Å². The molecule has 0 radical (unpaired) electrons. The fourth-order valence-corrected chi connectivity index (χ4v) is 1.87. The number of nitrogens with zero attached hydrogens (tertiary/aromatic N) is 1. The number of hydrogen-bond acceptors (Lipinski definition) is 3. The number of benzene rings is 2. The summed E-state index contributed by atoms with van der Waals surface area (Å²) in [6.07, 6.45) is 0. The Hall–Kier alpha value is -2.71. The molecule has 0 aromatic heterocycles. The smallest absolute Gasteiger partial charge is 0.248 e. The summed E-state index contributed by atoms with van der Waals surface area (Å²) >= 11 is 0. The van der Waals surface area contributed by atoms with Gasteiger partial charge in [-0.05, 0) is 30.7 Å². The van der Waals surface area contributed by atoms with Crippen LogP contribution in [0.25, 0.3) is 0 Å². The van der Waals surface area contributed by atoms with Crippen molar-refractivity contribution < 1.29 is 9.18 Å². The highest BCUT2D eigenvalue weighted by molar-refractivity contribution is 5.98. The van der Waals surface area contributed by atoms with Crippen molar-refractivity contribution in [2.45, 2.75) is 12.5 Å². The second-order valence-electron chi connectivity index (χ2n) is 4.83. The van der Waals surface area contributed by atoms with E-state index in [2.05, 4.69) is 5.32 Å². The van der Waals surface area contributed by atoms with Crippen LogP contribution in [0.4, 0.5) is 10.1 Å². The minimum atomic E-state index is -1.23. The molecule has 1 atom stereocenters.